The highest BCUT2D eigenvalue weighted by Crippen LogP contribution is 2.25. The second-order valence-corrected chi connectivity index (χ2v) is 4.93. The van der Waals surface area contributed by atoms with Crippen LogP contribution in [0.2, 0.25) is 0 Å². The average Bonchev–Trinajstić information content (AvgIpc) is 2.88. The van der Waals surface area contributed by atoms with Gasteiger partial charge in [-0.2, -0.15) is 0 Å². The molecule has 7 heteroatoms. The minimum atomic E-state index is -2.82. The molecule has 1 amide bonds. The molecule has 0 saturated heterocycles. The van der Waals surface area contributed by atoms with Crippen LogP contribution in [0.4, 0.5) is 8.78 Å². The Morgan fingerprint density at radius 3 is 2.59 bits per heavy atom. The standard InChI is InChI=1S/C15H15F2NO4/c1-8(12-6-9-4-2-3-5-11(9)22-12)14(19)18-10(15(20)21)7-13(16)17/h2-6,8,10,13H,7H2,1H3,(H,18,19)(H,20,21). The predicted molar refractivity (Wildman–Crippen MR) is 74.8 cm³/mol. The van der Waals surface area contributed by atoms with Crippen molar-refractivity contribution in [3.63, 3.8) is 0 Å². The van der Waals surface area contributed by atoms with Gasteiger partial charge >= 0.3 is 5.97 Å². The maximum Gasteiger partial charge on any atom is 0.326 e. The topological polar surface area (TPSA) is 79.5 Å². The molecule has 1 heterocycles. The molecule has 5 nitrogen and oxygen atoms in total. The second kappa shape index (κ2) is 6.55. The molecule has 1 aromatic heterocycles. The highest BCUT2D eigenvalue weighted by molar-refractivity contribution is 5.88. The number of carbonyl (C=O) groups excluding carboxylic acids is 1. The van der Waals surface area contributed by atoms with E-state index in [0.717, 1.165) is 5.39 Å². The highest BCUT2D eigenvalue weighted by Gasteiger charge is 2.27. The van der Waals surface area contributed by atoms with Crippen LogP contribution < -0.4 is 5.32 Å². The zero-order valence-electron chi connectivity index (χ0n) is 11.8. The number of furan rings is 1. The van der Waals surface area contributed by atoms with E-state index in [0.29, 0.717) is 11.3 Å². The summed E-state index contributed by atoms with van der Waals surface area (Å²) in [6, 6.07) is 7.19. The molecule has 118 valence electrons. The number of benzene rings is 1. The number of amides is 1. The fourth-order valence-electron chi connectivity index (χ4n) is 2.04. The summed E-state index contributed by atoms with van der Waals surface area (Å²) in [5, 5.41) is 11.8. The minimum Gasteiger partial charge on any atom is -0.480 e. The Kier molecular flexibility index (Phi) is 4.75. The maximum atomic E-state index is 12.3. The molecule has 0 spiro atoms. The van der Waals surface area contributed by atoms with Crippen molar-refractivity contribution in [2.75, 3.05) is 0 Å². The number of carboxylic acid groups (broad SMARTS) is 1. The fourth-order valence-corrected chi connectivity index (χ4v) is 2.04. The normalized spacial score (nSPS) is 14.0. The molecule has 22 heavy (non-hydrogen) atoms. The third kappa shape index (κ3) is 3.60. The Morgan fingerprint density at radius 2 is 2.00 bits per heavy atom. The van der Waals surface area contributed by atoms with Gasteiger partial charge in [-0.25, -0.2) is 13.6 Å². The van der Waals surface area contributed by atoms with Crippen LogP contribution in [0.3, 0.4) is 0 Å². The van der Waals surface area contributed by atoms with Crippen LogP contribution in [0.1, 0.15) is 25.0 Å². The minimum absolute atomic E-state index is 0.347. The van der Waals surface area contributed by atoms with Crippen molar-refractivity contribution in [1.82, 2.24) is 5.32 Å². The Morgan fingerprint density at radius 1 is 1.32 bits per heavy atom. The van der Waals surface area contributed by atoms with E-state index in [2.05, 4.69) is 5.32 Å². The van der Waals surface area contributed by atoms with Crippen LogP contribution in [-0.2, 0) is 9.59 Å². The number of nitrogens with one attached hydrogen (secondary N) is 1. The zero-order valence-corrected chi connectivity index (χ0v) is 11.8. The lowest BCUT2D eigenvalue weighted by molar-refractivity contribution is -0.143. The third-order valence-electron chi connectivity index (χ3n) is 3.29. The van der Waals surface area contributed by atoms with E-state index in [1.165, 1.54) is 6.92 Å². The summed E-state index contributed by atoms with van der Waals surface area (Å²) in [4.78, 5) is 22.9. The van der Waals surface area contributed by atoms with Gasteiger partial charge in [0.15, 0.2) is 0 Å². The van der Waals surface area contributed by atoms with Gasteiger partial charge in [-0.1, -0.05) is 18.2 Å². The van der Waals surface area contributed by atoms with Gasteiger partial charge in [0.2, 0.25) is 12.3 Å². The number of hydrogen-bond acceptors (Lipinski definition) is 3. The Labute approximate surface area is 124 Å². The molecule has 0 bridgehead atoms. The van der Waals surface area contributed by atoms with Crippen molar-refractivity contribution in [3.8, 4) is 0 Å². The second-order valence-electron chi connectivity index (χ2n) is 4.93. The van der Waals surface area contributed by atoms with Gasteiger partial charge in [-0.3, -0.25) is 4.79 Å². The lowest BCUT2D eigenvalue weighted by Gasteiger charge is -2.16. The van der Waals surface area contributed by atoms with Gasteiger partial charge in [-0.05, 0) is 19.1 Å². The summed E-state index contributed by atoms with van der Waals surface area (Å²) >= 11 is 0. The van der Waals surface area contributed by atoms with E-state index < -0.39 is 36.7 Å². The summed E-state index contributed by atoms with van der Waals surface area (Å²) in [6.07, 6.45) is -3.75. The van der Waals surface area contributed by atoms with Crippen molar-refractivity contribution in [2.24, 2.45) is 0 Å². The molecule has 0 saturated carbocycles. The van der Waals surface area contributed by atoms with E-state index >= 15 is 0 Å². The summed E-state index contributed by atoms with van der Waals surface area (Å²) < 4.78 is 30.2. The van der Waals surface area contributed by atoms with Crippen LogP contribution in [0, 0.1) is 0 Å². The number of carbonyl (C=O) groups is 2. The molecular formula is C15H15F2NO4. The summed E-state index contributed by atoms with van der Waals surface area (Å²) in [7, 11) is 0. The number of hydrogen-bond donors (Lipinski definition) is 2. The Bertz CT molecular complexity index is 650. The Balaban J connectivity index is 2.12. The summed E-state index contributed by atoms with van der Waals surface area (Å²) in [5.74, 6) is -2.61. The molecule has 2 unspecified atom stereocenters. The van der Waals surface area contributed by atoms with Crippen molar-refractivity contribution in [3.05, 3.63) is 36.1 Å². The van der Waals surface area contributed by atoms with E-state index in [-0.39, 0.29) is 0 Å². The van der Waals surface area contributed by atoms with Crippen LogP contribution in [0.25, 0.3) is 11.0 Å². The fraction of sp³-hybridized carbons (Fsp3) is 0.333. The number of rotatable bonds is 6. The van der Waals surface area contributed by atoms with Gasteiger partial charge in [0.05, 0.1) is 5.92 Å². The van der Waals surface area contributed by atoms with Crippen molar-refractivity contribution >= 4 is 22.8 Å². The maximum absolute atomic E-state index is 12.3. The molecule has 2 rings (SSSR count). The molecular weight excluding hydrogens is 296 g/mol. The number of halogens is 2. The van der Waals surface area contributed by atoms with E-state index in [9.17, 15) is 18.4 Å². The molecule has 1 aromatic carbocycles. The molecule has 0 aliphatic rings. The quantitative estimate of drug-likeness (QED) is 0.859. The van der Waals surface area contributed by atoms with E-state index in [4.69, 9.17) is 9.52 Å². The third-order valence-corrected chi connectivity index (χ3v) is 3.29. The number of fused-ring (bicyclic) bond motifs is 1. The van der Waals surface area contributed by atoms with Gasteiger partial charge in [0.25, 0.3) is 0 Å². The molecule has 0 fully saturated rings. The molecule has 0 aliphatic carbocycles. The van der Waals surface area contributed by atoms with Crippen LogP contribution >= 0.6 is 0 Å². The van der Waals surface area contributed by atoms with E-state index in [1.807, 2.05) is 12.1 Å². The van der Waals surface area contributed by atoms with Gasteiger partial charge in [-0.15, -0.1) is 0 Å². The first-order valence-electron chi connectivity index (χ1n) is 6.68. The number of aliphatic carboxylic acids is 1. The summed E-state index contributed by atoms with van der Waals surface area (Å²) in [5.41, 5.74) is 0.597. The molecule has 2 N–H and O–H groups in total. The first kappa shape index (κ1) is 15.9. The van der Waals surface area contributed by atoms with E-state index in [1.54, 1.807) is 18.2 Å². The number of para-hydroxylation sites is 1. The monoisotopic (exact) mass is 311 g/mol. The van der Waals surface area contributed by atoms with Crippen LogP contribution in [-0.4, -0.2) is 29.5 Å². The van der Waals surface area contributed by atoms with Crippen LogP contribution in [0.5, 0.6) is 0 Å². The van der Waals surface area contributed by atoms with Gasteiger partial charge in [0, 0.05) is 11.8 Å². The number of carboxylic acids is 1. The van der Waals surface area contributed by atoms with Gasteiger partial charge in [0.1, 0.15) is 17.4 Å². The highest BCUT2D eigenvalue weighted by atomic mass is 19.3. The average molecular weight is 311 g/mol. The molecule has 0 aliphatic heterocycles. The first-order valence-corrected chi connectivity index (χ1v) is 6.68. The number of alkyl halides is 2. The lowest BCUT2D eigenvalue weighted by Crippen LogP contribution is -2.43. The molecule has 0 radical (unpaired) electrons. The van der Waals surface area contributed by atoms with Gasteiger partial charge < -0.3 is 14.8 Å². The van der Waals surface area contributed by atoms with Crippen molar-refractivity contribution < 1.29 is 27.9 Å². The van der Waals surface area contributed by atoms with Crippen molar-refractivity contribution in [2.45, 2.75) is 31.7 Å². The first-order chi connectivity index (χ1) is 10.4. The molecule has 2 aromatic rings. The Hall–Kier alpha value is -2.44. The van der Waals surface area contributed by atoms with Crippen LogP contribution in [0.15, 0.2) is 34.7 Å². The zero-order chi connectivity index (χ0) is 16.3. The van der Waals surface area contributed by atoms with Crippen molar-refractivity contribution in [1.29, 1.82) is 0 Å². The SMILES string of the molecule is CC(C(=O)NC(CC(F)F)C(=O)O)c1cc2ccccc2o1. The summed E-state index contributed by atoms with van der Waals surface area (Å²) in [6.45, 7) is 1.52. The molecule has 2 atom stereocenters. The lowest BCUT2D eigenvalue weighted by atomic mass is 10.1. The largest absolute Gasteiger partial charge is 0.480 e. The predicted octanol–water partition coefficient (Wildman–Crippen LogP) is 2.76. The smallest absolute Gasteiger partial charge is 0.326 e.